The minimum atomic E-state index is -0.850. The molecule has 0 radical (unpaired) electrons. The van der Waals surface area contributed by atoms with Gasteiger partial charge in [0.15, 0.2) is 5.84 Å². The van der Waals surface area contributed by atoms with Gasteiger partial charge in [-0.2, -0.15) is 0 Å². The Morgan fingerprint density at radius 2 is 2.22 bits per heavy atom. The van der Waals surface area contributed by atoms with E-state index in [1.807, 2.05) is 0 Å². The zero-order chi connectivity index (χ0) is 13.3. The number of benzene rings is 1. The highest BCUT2D eigenvalue weighted by atomic mass is 127. The molecule has 1 aromatic carbocycles. The number of hydrogen-bond donors (Lipinski definition) is 3. The van der Waals surface area contributed by atoms with E-state index in [0.29, 0.717) is 23.6 Å². The highest BCUT2D eigenvalue weighted by Gasteiger charge is 2.54. The fraction of sp³-hybridized carbons (Fsp3) is 0.273. The minimum Gasteiger partial charge on any atom is -0.409 e. The van der Waals surface area contributed by atoms with Crippen molar-refractivity contribution in [3.05, 3.63) is 26.8 Å². The number of anilines is 1. The maximum Gasteiger partial charge on any atom is 0.238 e. The van der Waals surface area contributed by atoms with Crippen molar-refractivity contribution in [3.63, 3.8) is 0 Å². The van der Waals surface area contributed by atoms with Gasteiger partial charge >= 0.3 is 0 Å². The molecule has 0 bridgehead atoms. The van der Waals surface area contributed by atoms with E-state index in [9.17, 15) is 4.79 Å². The standard InChI is InChI=1S/C11H11ClIN3O2/c12-6-1-2-8(7(13)5-6)15-10(17)11(3-4-11)9(14)16-18/h1-2,5,18H,3-4H2,(H2,14,16)(H,15,17). The lowest BCUT2D eigenvalue weighted by Crippen LogP contribution is -2.36. The Hall–Kier alpha value is -1.02. The summed E-state index contributed by atoms with van der Waals surface area (Å²) in [6.45, 7) is 0. The third-order valence-corrected chi connectivity index (χ3v) is 4.09. The van der Waals surface area contributed by atoms with Crippen LogP contribution < -0.4 is 11.1 Å². The highest BCUT2D eigenvalue weighted by molar-refractivity contribution is 14.1. The molecule has 1 saturated carbocycles. The maximum absolute atomic E-state index is 12.1. The van der Waals surface area contributed by atoms with E-state index in [1.54, 1.807) is 18.2 Å². The maximum atomic E-state index is 12.1. The van der Waals surface area contributed by atoms with Crippen LogP contribution in [-0.4, -0.2) is 17.0 Å². The molecule has 0 heterocycles. The van der Waals surface area contributed by atoms with Crippen molar-refractivity contribution in [1.82, 2.24) is 0 Å². The topological polar surface area (TPSA) is 87.7 Å². The molecule has 0 aromatic heterocycles. The SMILES string of the molecule is N/C(=N/O)C1(C(=O)Nc2ccc(Cl)cc2I)CC1. The van der Waals surface area contributed by atoms with E-state index in [4.69, 9.17) is 22.5 Å². The molecule has 7 heteroatoms. The van der Waals surface area contributed by atoms with Gasteiger partial charge in [-0.05, 0) is 53.6 Å². The summed E-state index contributed by atoms with van der Waals surface area (Å²) in [6, 6.07) is 5.17. The molecule has 0 unspecified atom stereocenters. The smallest absolute Gasteiger partial charge is 0.238 e. The fourth-order valence-electron chi connectivity index (χ4n) is 1.65. The lowest BCUT2D eigenvalue weighted by Gasteiger charge is -2.14. The third kappa shape index (κ3) is 2.39. The van der Waals surface area contributed by atoms with Gasteiger partial charge < -0.3 is 16.3 Å². The molecule has 1 aliphatic carbocycles. The number of amidine groups is 1. The molecule has 4 N–H and O–H groups in total. The van der Waals surface area contributed by atoms with Gasteiger partial charge in [0, 0.05) is 8.59 Å². The molecule has 2 rings (SSSR count). The van der Waals surface area contributed by atoms with Crippen LogP contribution in [0.15, 0.2) is 23.4 Å². The van der Waals surface area contributed by atoms with Crippen LogP contribution in [0.1, 0.15) is 12.8 Å². The quantitative estimate of drug-likeness (QED) is 0.248. The lowest BCUT2D eigenvalue weighted by molar-refractivity contribution is -0.119. The predicted molar refractivity (Wildman–Crippen MR) is 77.9 cm³/mol. The Kier molecular flexibility index (Phi) is 3.67. The summed E-state index contributed by atoms with van der Waals surface area (Å²) in [5.74, 6) is -0.290. The number of carbonyl (C=O) groups is 1. The summed E-state index contributed by atoms with van der Waals surface area (Å²) in [6.07, 6.45) is 1.19. The Labute approximate surface area is 123 Å². The van der Waals surface area contributed by atoms with Crippen LogP contribution in [0.4, 0.5) is 5.69 Å². The summed E-state index contributed by atoms with van der Waals surface area (Å²) < 4.78 is 0.837. The molecule has 0 spiro atoms. The van der Waals surface area contributed by atoms with Crippen LogP contribution in [0.2, 0.25) is 5.02 Å². The molecule has 1 amide bonds. The third-order valence-electron chi connectivity index (χ3n) is 2.96. The van der Waals surface area contributed by atoms with Crippen LogP contribution in [0.5, 0.6) is 0 Å². The van der Waals surface area contributed by atoms with Gasteiger partial charge in [-0.15, -0.1) is 0 Å². The number of amides is 1. The second-order valence-corrected chi connectivity index (χ2v) is 5.74. The van der Waals surface area contributed by atoms with Gasteiger partial charge in [-0.3, -0.25) is 4.79 Å². The van der Waals surface area contributed by atoms with Gasteiger partial charge in [-0.25, -0.2) is 0 Å². The number of carbonyl (C=O) groups excluding carboxylic acids is 1. The summed E-state index contributed by atoms with van der Waals surface area (Å²) >= 11 is 7.92. The normalized spacial score (nSPS) is 17.3. The van der Waals surface area contributed by atoms with Crippen molar-refractivity contribution in [2.45, 2.75) is 12.8 Å². The molecule has 18 heavy (non-hydrogen) atoms. The monoisotopic (exact) mass is 379 g/mol. The molecule has 1 fully saturated rings. The van der Waals surface area contributed by atoms with Gasteiger partial charge in [0.05, 0.1) is 5.69 Å². The number of nitrogens with two attached hydrogens (primary N) is 1. The van der Waals surface area contributed by atoms with E-state index in [2.05, 4.69) is 33.1 Å². The molecule has 1 aliphatic rings. The Balaban J connectivity index is 2.18. The lowest BCUT2D eigenvalue weighted by atomic mass is 10.1. The van der Waals surface area contributed by atoms with Crippen molar-refractivity contribution < 1.29 is 10.0 Å². The largest absolute Gasteiger partial charge is 0.409 e. The molecular formula is C11H11ClIN3O2. The molecule has 1 aromatic rings. The van der Waals surface area contributed by atoms with Crippen LogP contribution in [0.25, 0.3) is 0 Å². The van der Waals surface area contributed by atoms with Crippen molar-refractivity contribution in [2.24, 2.45) is 16.3 Å². The molecule has 0 atom stereocenters. The number of rotatable bonds is 3. The van der Waals surface area contributed by atoms with Crippen LogP contribution in [0.3, 0.4) is 0 Å². The summed E-state index contributed by atoms with van der Waals surface area (Å²) in [7, 11) is 0. The van der Waals surface area contributed by atoms with Gasteiger partial charge in [0.25, 0.3) is 0 Å². The van der Waals surface area contributed by atoms with E-state index >= 15 is 0 Å². The Morgan fingerprint density at radius 3 is 2.72 bits per heavy atom. The first-order chi connectivity index (χ1) is 8.49. The first kappa shape index (κ1) is 13.4. The molecule has 96 valence electrons. The van der Waals surface area contributed by atoms with Crippen molar-refractivity contribution in [3.8, 4) is 0 Å². The van der Waals surface area contributed by atoms with E-state index in [0.717, 1.165) is 3.57 Å². The number of halogens is 2. The number of nitrogens with one attached hydrogen (secondary N) is 1. The molecular weight excluding hydrogens is 368 g/mol. The van der Waals surface area contributed by atoms with Gasteiger partial charge in [0.2, 0.25) is 5.91 Å². The summed E-state index contributed by atoms with van der Waals surface area (Å²) in [5, 5.41) is 15.0. The zero-order valence-corrected chi connectivity index (χ0v) is 12.2. The average Bonchev–Trinajstić information content (AvgIpc) is 3.13. The minimum absolute atomic E-state index is 0.0380. The van der Waals surface area contributed by atoms with Crippen LogP contribution >= 0.6 is 34.2 Å². The van der Waals surface area contributed by atoms with Crippen LogP contribution in [-0.2, 0) is 4.79 Å². The van der Waals surface area contributed by atoms with Crippen LogP contribution in [0, 0.1) is 8.99 Å². The second kappa shape index (κ2) is 4.93. The Morgan fingerprint density at radius 1 is 1.56 bits per heavy atom. The fourth-order valence-corrected chi connectivity index (χ4v) is 2.66. The molecule has 5 nitrogen and oxygen atoms in total. The summed E-state index contributed by atoms with van der Waals surface area (Å²) in [4.78, 5) is 12.1. The van der Waals surface area contributed by atoms with E-state index < -0.39 is 5.41 Å². The average molecular weight is 380 g/mol. The predicted octanol–water partition coefficient (Wildman–Crippen LogP) is 2.41. The first-order valence-electron chi connectivity index (χ1n) is 5.24. The zero-order valence-electron chi connectivity index (χ0n) is 9.28. The highest BCUT2D eigenvalue weighted by Crippen LogP contribution is 2.46. The van der Waals surface area contributed by atoms with Gasteiger partial charge in [0.1, 0.15) is 5.41 Å². The van der Waals surface area contributed by atoms with Gasteiger partial charge in [-0.1, -0.05) is 16.8 Å². The summed E-state index contributed by atoms with van der Waals surface area (Å²) in [5.41, 5.74) is 5.36. The van der Waals surface area contributed by atoms with Crippen molar-refractivity contribution in [2.75, 3.05) is 5.32 Å². The molecule has 0 aliphatic heterocycles. The molecule has 0 saturated heterocycles. The van der Waals surface area contributed by atoms with Crippen molar-refractivity contribution in [1.29, 1.82) is 0 Å². The number of nitrogens with zero attached hydrogens (tertiary/aromatic N) is 1. The Bertz CT molecular complexity index is 529. The van der Waals surface area contributed by atoms with E-state index in [1.165, 1.54) is 0 Å². The number of hydrogen-bond acceptors (Lipinski definition) is 3. The van der Waals surface area contributed by atoms with Crippen molar-refractivity contribution >= 4 is 51.6 Å². The first-order valence-corrected chi connectivity index (χ1v) is 6.70. The van der Waals surface area contributed by atoms with E-state index in [-0.39, 0.29) is 11.7 Å². The number of oxime groups is 1. The second-order valence-electron chi connectivity index (χ2n) is 4.15.